The summed E-state index contributed by atoms with van der Waals surface area (Å²) in [5, 5.41) is 41.6. The Morgan fingerprint density at radius 2 is 0.581 bits per heavy atom. The van der Waals surface area contributed by atoms with Crippen molar-refractivity contribution in [3.05, 3.63) is 166 Å². The molecule has 6 aromatic rings. The number of benzene rings is 4. The predicted molar refractivity (Wildman–Crippen MR) is 293 cm³/mol. The average molecular weight is 971 g/mol. The zero-order chi connectivity index (χ0) is 52.8. The molecule has 2 aromatic heterocycles. The van der Waals surface area contributed by atoms with Gasteiger partial charge in [0.25, 0.3) is 0 Å². The van der Waals surface area contributed by atoms with Gasteiger partial charge in [-0.3, -0.25) is 19.6 Å². The second-order valence-corrected chi connectivity index (χ2v) is 22.8. The molecular weight excluding hydrogens is 917 g/mol. The van der Waals surface area contributed by atoms with Gasteiger partial charge in [-0.25, -0.2) is 29.9 Å². The van der Waals surface area contributed by atoms with E-state index in [0.717, 1.165) is 33.6 Å². The number of aromatic nitrogens is 2. The molecule has 14 nitrogen and oxygen atoms in total. The van der Waals surface area contributed by atoms with Crippen LogP contribution in [0, 0.1) is 45.3 Å². The van der Waals surface area contributed by atoms with Gasteiger partial charge in [0.15, 0.2) is 46.4 Å². The maximum absolute atomic E-state index is 10.4. The Kier molecular flexibility index (Phi) is 11.3. The van der Waals surface area contributed by atoms with Crippen LogP contribution in [0.15, 0.2) is 141 Å². The summed E-state index contributed by atoms with van der Waals surface area (Å²) in [4.78, 5) is 38.7. The molecule has 0 unspecified atom stereocenters. The lowest BCUT2D eigenvalue weighted by Gasteiger charge is -2.38. The van der Waals surface area contributed by atoms with Crippen LogP contribution in [0.25, 0.3) is 0 Å². The molecule has 4 aromatic carbocycles. The monoisotopic (exact) mass is 970 g/mol. The zero-order valence-electron chi connectivity index (χ0n) is 43.7. The highest BCUT2D eigenvalue weighted by molar-refractivity contribution is 6.57. The fourth-order valence-electron chi connectivity index (χ4n) is 9.32. The molecule has 6 heterocycles. The van der Waals surface area contributed by atoms with Gasteiger partial charge in [0.05, 0.1) is 22.5 Å². The SMILES string of the molecule is CC(C)(C)c1ccc(N2C3=N/C(=C4\N=C5C(=N4)N(c4ccc(C(C)(C)C)cc4)c4nc(C#N)c(C#N)cc4N5c4ccc(C(C)(C)C)cc4)N=C3N(c3ccc(C(C)(C)C)cc3)c3nc(C#N)c(C#N)cc32)cc1. The van der Waals surface area contributed by atoms with Gasteiger partial charge < -0.3 is 0 Å². The smallest absolute Gasteiger partial charge is 0.202 e. The van der Waals surface area contributed by atoms with Crippen LogP contribution in [-0.4, -0.2) is 33.3 Å². The first-order valence-electron chi connectivity index (χ1n) is 24.5. The Morgan fingerprint density at radius 3 is 0.811 bits per heavy atom. The third-order valence-corrected chi connectivity index (χ3v) is 13.6. The van der Waals surface area contributed by atoms with Crippen LogP contribution >= 0.6 is 0 Å². The number of hydrogen-bond acceptors (Lipinski definition) is 14. The average Bonchev–Trinajstić information content (AvgIpc) is 4.03. The van der Waals surface area contributed by atoms with Gasteiger partial charge in [-0.1, -0.05) is 132 Å². The molecular formula is C60H54N14. The standard InChI is InChI=1S/C60H54N14/c1-57(2,3)37-13-21-41(22-14-37)71-47-29-35(31-61)45(33-63)65-51(47)73(43-25-17-39(18-26-43)59(7,8)9)55-53(71)67-49(69-55)50-68-54-56(70-50)74(44-27-19-40(20-28-44)60(10,11)12)52-48(30-36(32-62)46(34-64)66-52)72(54)42-23-15-38(16-24-42)58(4,5)6/h13-30H,1-12H3/b50-49-. The van der Waals surface area contributed by atoms with Gasteiger partial charge in [-0.05, 0) is 105 Å². The first-order valence-corrected chi connectivity index (χ1v) is 24.5. The van der Waals surface area contributed by atoms with E-state index in [1.54, 1.807) is 12.1 Å². The van der Waals surface area contributed by atoms with E-state index in [1.165, 1.54) is 0 Å². The summed E-state index contributed by atoms with van der Waals surface area (Å²) in [5.41, 5.74) is 7.99. The third kappa shape index (κ3) is 8.21. The lowest BCUT2D eigenvalue weighted by Crippen LogP contribution is -2.46. The van der Waals surface area contributed by atoms with Gasteiger partial charge in [0.2, 0.25) is 11.6 Å². The molecule has 364 valence electrons. The minimum absolute atomic E-state index is 0.0284. The molecule has 4 aliphatic rings. The summed E-state index contributed by atoms with van der Waals surface area (Å²) in [6.07, 6.45) is 0. The topological polar surface area (TPSA) is 183 Å². The van der Waals surface area contributed by atoms with Crippen LogP contribution in [0.1, 0.15) is 128 Å². The van der Waals surface area contributed by atoms with Crippen LogP contribution in [0.4, 0.5) is 45.8 Å². The molecule has 4 aliphatic heterocycles. The van der Waals surface area contributed by atoms with Crippen molar-refractivity contribution in [3.63, 3.8) is 0 Å². The van der Waals surface area contributed by atoms with E-state index in [4.69, 9.17) is 29.9 Å². The first kappa shape index (κ1) is 48.4. The first-order chi connectivity index (χ1) is 35.0. The summed E-state index contributed by atoms with van der Waals surface area (Å²) >= 11 is 0. The van der Waals surface area contributed by atoms with Crippen molar-refractivity contribution in [1.29, 1.82) is 21.0 Å². The van der Waals surface area contributed by atoms with Crippen LogP contribution in [0.5, 0.6) is 0 Å². The minimum atomic E-state index is -0.137. The number of pyridine rings is 2. The van der Waals surface area contributed by atoms with Crippen molar-refractivity contribution in [2.75, 3.05) is 19.6 Å². The Morgan fingerprint density at radius 1 is 0.338 bits per heavy atom. The van der Waals surface area contributed by atoms with E-state index in [2.05, 4.69) is 156 Å². The van der Waals surface area contributed by atoms with Gasteiger partial charge in [-0.2, -0.15) is 21.0 Å². The van der Waals surface area contributed by atoms with Gasteiger partial charge in [0, 0.05) is 22.7 Å². The Balaban J connectivity index is 1.26. The van der Waals surface area contributed by atoms with Gasteiger partial charge in [-0.15, -0.1) is 0 Å². The molecule has 0 aliphatic carbocycles. The van der Waals surface area contributed by atoms with E-state index in [9.17, 15) is 21.0 Å². The number of hydrogen-bond donors (Lipinski definition) is 0. The fraction of sp³-hybridized carbons (Fsp3) is 0.267. The molecule has 0 atom stereocenters. The van der Waals surface area contributed by atoms with Crippen molar-refractivity contribution in [2.24, 2.45) is 20.0 Å². The van der Waals surface area contributed by atoms with E-state index in [-0.39, 0.29) is 55.8 Å². The number of fused-ring (bicyclic) bond motifs is 4. The molecule has 0 saturated heterocycles. The lowest BCUT2D eigenvalue weighted by molar-refractivity contribution is 0.590. The summed E-state index contributed by atoms with van der Waals surface area (Å²) in [7, 11) is 0. The predicted octanol–water partition coefficient (Wildman–Crippen LogP) is 13.2. The van der Waals surface area contributed by atoms with Crippen LogP contribution in [0.3, 0.4) is 0 Å². The molecule has 0 amide bonds. The largest absolute Gasteiger partial charge is 0.288 e. The van der Waals surface area contributed by atoms with Crippen LogP contribution in [0.2, 0.25) is 0 Å². The molecule has 0 fully saturated rings. The normalized spacial score (nSPS) is 16.1. The zero-order valence-corrected chi connectivity index (χ0v) is 43.7. The molecule has 0 saturated carbocycles. The summed E-state index contributed by atoms with van der Waals surface area (Å²) in [6.45, 7) is 25.9. The second kappa shape index (κ2) is 17.2. The highest BCUT2D eigenvalue weighted by Gasteiger charge is 2.45. The maximum Gasteiger partial charge on any atom is 0.202 e. The summed E-state index contributed by atoms with van der Waals surface area (Å²) in [6, 6.07) is 44.7. The fourth-order valence-corrected chi connectivity index (χ4v) is 9.32. The van der Waals surface area contributed by atoms with E-state index in [1.807, 2.05) is 68.1 Å². The molecule has 0 bridgehead atoms. The van der Waals surface area contributed by atoms with Crippen molar-refractivity contribution in [1.82, 2.24) is 9.97 Å². The number of rotatable bonds is 4. The number of amidine groups is 4. The molecule has 14 heteroatoms. The van der Waals surface area contributed by atoms with Crippen molar-refractivity contribution in [2.45, 2.75) is 105 Å². The lowest BCUT2D eigenvalue weighted by atomic mass is 9.87. The Bertz CT molecular complexity index is 3180. The molecule has 0 radical (unpaired) electrons. The summed E-state index contributed by atoms with van der Waals surface area (Å²) < 4.78 is 0. The van der Waals surface area contributed by atoms with E-state index >= 15 is 0 Å². The van der Waals surface area contributed by atoms with Gasteiger partial charge >= 0.3 is 0 Å². The van der Waals surface area contributed by atoms with Crippen molar-refractivity contribution >= 4 is 69.1 Å². The van der Waals surface area contributed by atoms with Crippen LogP contribution in [-0.2, 0) is 21.7 Å². The number of nitrogens with zero attached hydrogens (tertiary/aromatic N) is 14. The van der Waals surface area contributed by atoms with E-state index < -0.39 is 0 Å². The number of anilines is 8. The molecule has 74 heavy (non-hydrogen) atoms. The Labute approximate surface area is 432 Å². The quantitative estimate of drug-likeness (QED) is 0.165. The molecule has 0 spiro atoms. The number of nitriles is 4. The Hall–Kier alpha value is -9.24. The third-order valence-electron chi connectivity index (χ3n) is 13.6. The van der Waals surface area contributed by atoms with E-state index in [0.29, 0.717) is 57.7 Å². The maximum atomic E-state index is 10.4. The second-order valence-electron chi connectivity index (χ2n) is 22.8. The minimum Gasteiger partial charge on any atom is -0.288 e. The van der Waals surface area contributed by atoms with Crippen molar-refractivity contribution < 1.29 is 0 Å². The molecule has 10 rings (SSSR count). The highest BCUT2D eigenvalue weighted by Crippen LogP contribution is 2.48. The highest BCUT2D eigenvalue weighted by atomic mass is 15.4. The molecule has 0 N–H and O–H groups in total. The summed E-state index contributed by atoms with van der Waals surface area (Å²) in [5.74, 6) is 2.75. The van der Waals surface area contributed by atoms with Gasteiger partial charge in [0.1, 0.15) is 24.3 Å². The number of aliphatic imine (C=N–C) groups is 4. The van der Waals surface area contributed by atoms with Crippen molar-refractivity contribution in [3.8, 4) is 24.3 Å². The van der Waals surface area contributed by atoms with Crippen LogP contribution < -0.4 is 19.6 Å².